The molecule has 0 heterocycles. The summed E-state index contributed by atoms with van der Waals surface area (Å²) in [6, 6.07) is 65.0. The van der Waals surface area contributed by atoms with E-state index in [9.17, 15) is 0 Å². The van der Waals surface area contributed by atoms with Gasteiger partial charge in [0.05, 0.1) is 10.8 Å². The molecule has 9 rings (SSSR count). The van der Waals surface area contributed by atoms with Crippen LogP contribution in [0.1, 0.15) is 59.2 Å². The predicted molar refractivity (Wildman–Crippen MR) is 204 cm³/mol. The molecular formula is C48H37Cl. The van der Waals surface area contributed by atoms with Gasteiger partial charge in [0.25, 0.3) is 0 Å². The molecule has 6 aromatic carbocycles. The summed E-state index contributed by atoms with van der Waals surface area (Å²) in [6.07, 6.45) is 0.868. The first-order chi connectivity index (χ1) is 24.0. The molecule has 0 spiro atoms. The maximum Gasteiger partial charge on any atom is 0.0696 e. The molecule has 3 aliphatic rings. The molecule has 0 amide bonds. The number of hydrogen-bond donors (Lipinski definition) is 0. The third-order valence-corrected chi connectivity index (χ3v) is 11.6. The largest absolute Gasteiger partial charge is 0.0891 e. The summed E-state index contributed by atoms with van der Waals surface area (Å²) < 4.78 is 0. The summed E-state index contributed by atoms with van der Waals surface area (Å²) >= 11 is 7.42. The minimum atomic E-state index is -0.628. The van der Waals surface area contributed by atoms with Crippen LogP contribution < -0.4 is 0 Å². The van der Waals surface area contributed by atoms with E-state index >= 15 is 0 Å². The first-order valence-electron chi connectivity index (χ1n) is 17.3. The Labute approximate surface area is 294 Å². The Balaban J connectivity index is 1.57. The fourth-order valence-corrected chi connectivity index (χ4v) is 10.2. The lowest BCUT2D eigenvalue weighted by Gasteiger charge is -2.63. The van der Waals surface area contributed by atoms with Crippen LogP contribution in [0.15, 0.2) is 203 Å². The highest BCUT2D eigenvalue weighted by Gasteiger charge is 2.68. The monoisotopic (exact) mass is 648 g/mol. The fraction of sp³-hybridized carbons (Fsp3) is 0.125. The van der Waals surface area contributed by atoms with E-state index in [-0.39, 0.29) is 5.41 Å². The van der Waals surface area contributed by atoms with Crippen molar-refractivity contribution in [3.8, 4) is 0 Å². The molecule has 0 aliphatic heterocycles. The van der Waals surface area contributed by atoms with Gasteiger partial charge in [-0.3, -0.25) is 0 Å². The van der Waals surface area contributed by atoms with Crippen LogP contribution in [0, 0.1) is 0 Å². The zero-order valence-corrected chi connectivity index (χ0v) is 28.6. The van der Waals surface area contributed by atoms with Crippen LogP contribution in [0.4, 0.5) is 0 Å². The van der Waals surface area contributed by atoms with E-state index in [1.54, 1.807) is 0 Å². The van der Waals surface area contributed by atoms with Gasteiger partial charge in [-0.05, 0) is 80.2 Å². The van der Waals surface area contributed by atoms with Crippen molar-refractivity contribution in [3.05, 3.63) is 242 Å². The van der Waals surface area contributed by atoms with Crippen molar-refractivity contribution < 1.29 is 0 Å². The molecule has 0 aromatic heterocycles. The Kier molecular flexibility index (Phi) is 6.84. The smallest absolute Gasteiger partial charge is 0.0696 e. The van der Waals surface area contributed by atoms with Gasteiger partial charge in [-0.2, -0.15) is 0 Å². The second-order valence-corrected chi connectivity index (χ2v) is 14.5. The lowest BCUT2D eigenvalue weighted by molar-refractivity contribution is 0.390. The van der Waals surface area contributed by atoms with Crippen molar-refractivity contribution in [2.75, 3.05) is 0 Å². The Morgan fingerprint density at radius 3 is 1.37 bits per heavy atom. The highest BCUT2D eigenvalue weighted by Crippen LogP contribution is 2.75. The summed E-state index contributed by atoms with van der Waals surface area (Å²) in [5, 5.41) is 0.854. The minimum Gasteiger partial charge on any atom is -0.0891 e. The first-order valence-corrected chi connectivity index (χ1v) is 17.7. The third-order valence-electron chi connectivity index (χ3n) is 11.5. The quantitative estimate of drug-likeness (QED) is 0.174. The highest BCUT2D eigenvalue weighted by atomic mass is 35.5. The third kappa shape index (κ3) is 3.93. The second-order valence-electron chi connectivity index (χ2n) is 13.9. The van der Waals surface area contributed by atoms with E-state index in [0.29, 0.717) is 0 Å². The van der Waals surface area contributed by atoms with Gasteiger partial charge < -0.3 is 0 Å². The molecular weight excluding hydrogens is 612 g/mol. The van der Waals surface area contributed by atoms with E-state index < -0.39 is 10.8 Å². The van der Waals surface area contributed by atoms with Gasteiger partial charge in [0.2, 0.25) is 0 Å². The molecule has 0 radical (unpaired) electrons. The predicted octanol–water partition coefficient (Wildman–Crippen LogP) is 12.0. The van der Waals surface area contributed by atoms with Crippen LogP contribution >= 0.6 is 11.6 Å². The van der Waals surface area contributed by atoms with Crippen molar-refractivity contribution in [2.24, 2.45) is 0 Å². The van der Waals surface area contributed by atoms with Crippen molar-refractivity contribution in [1.82, 2.24) is 0 Å². The van der Waals surface area contributed by atoms with Crippen LogP contribution in [-0.4, -0.2) is 0 Å². The van der Waals surface area contributed by atoms with Gasteiger partial charge >= 0.3 is 0 Å². The van der Waals surface area contributed by atoms with Gasteiger partial charge in [0.15, 0.2) is 0 Å². The van der Waals surface area contributed by atoms with Gasteiger partial charge in [-0.15, -0.1) is 0 Å². The molecule has 3 aliphatic carbocycles. The van der Waals surface area contributed by atoms with Crippen LogP contribution in [0.2, 0.25) is 0 Å². The molecule has 1 atom stereocenters. The molecule has 0 saturated carbocycles. The number of hydrogen-bond acceptors (Lipinski definition) is 0. The lowest BCUT2D eigenvalue weighted by Crippen LogP contribution is -2.58. The van der Waals surface area contributed by atoms with Crippen molar-refractivity contribution in [2.45, 2.75) is 36.5 Å². The molecule has 1 heteroatoms. The zero-order valence-electron chi connectivity index (χ0n) is 27.8. The molecule has 0 fully saturated rings. The fourth-order valence-electron chi connectivity index (χ4n) is 9.93. The Morgan fingerprint density at radius 2 is 0.898 bits per heavy atom. The Hall–Kier alpha value is -5.17. The number of benzene rings is 6. The first kappa shape index (κ1) is 29.9. The van der Waals surface area contributed by atoms with Crippen molar-refractivity contribution in [3.63, 3.8) is 0 Å². The van der Waals surface area contributed by atoms with Gasteiger partial charge in [-0.1, -0.05) is 194 Å². The summed E-state index contributed by atoms with van der Waals surface area (Å²) in [5.74, 6) is 0. The molecule has 236 valence electrons. The lowest BCUT2D eigenvalue weighted by atomic mass is 9.38. The van der Waals surface area contributed by atoms with Gasteiger partial charge in [0.1, 0.15) is 0 Å². The van der Waals surface area contributed by atoms with Gasteiger partial charge in [0, 0.05) is 10.4 Å². The molecule has 0 bridgehead atoms. The normalized spacial score (nSPS) is 21.0. The second kappa shape index (κ2) is 11.2. The summed E-state index contributed by atoms with van der Waals surface area (Å²) in [4.78, 5) is 0. The molecule has 49 heavy (non-hydrogen) atoms. The molecule has 1 unspecified atom stereocenters. The van der Waals surface area contributed by atoms with Gasteiger partial charge in [-0.25, -0.2) is 0 Å². The average Bonchev–Trinajstić information content (AvgIpc) is 3.42. The maximum absolute atomic E-state index is 7.42. The number of halogens is 1. The van der Waals surface area contributed by atoms with E-state index in [4.69, 9.17) is 11.6 Å². The van der Waals surface area contributed by atoms with E-state index in [2.05, 4.69) is 190 Å². The van der Waals surface area contributed by atoms with Crippen LogP contribution in [-0.2, 0) is 16.2 Å². The molecule has 6 aromatic rings. The topological polar surface area (TPSA) is 0 Å². The van der Waals surface area contributed by atoms with E-state index in [1.807, 2.05) is 0 Å². The number of rotatable bonds is 5. The average molecular weight is 649 g/mol. The van der Waals surface area contributed by atoms with Crippen molar-refractivity contribution in [1.29, 1.82) is 0 Å². The van der Waals surface area contributed by atoms with Crippen LogP contribution in [0.3, 0.4) is 0 Å². The SMILES string of the molecule is C/C(Cl)=C1\C2=C(C(c3ccccc3)(c3ccccc3)C3=C(c4ccccc4)c4ccccc4C3(C)C2)C1(c1ccccc1)c1ccccc1. The maximum atomic E-state index is 7.42. The molecule has 0 saturated heterocycles. The van der Waals surface area contributed by atoms with E-state index in [0.717, 1.165) is 11.5 Å². The summed E-state index contributed by atoms with van der Waals surface area (Å²) in [7, 11) is 0. The number of fused-ring (bicyclic) bond motifs is 3. The Bertz CT molecular complexity index is 2210. The van der Waals surface area contributed by atoms with Crippen LogP contribution in [0.25, 0.3) is 5.57 Å². The Morgan fingerprint density at radius 1 is 0.490 bits per heavy atom. The van der Waals surface area contributed by atoms with Crippen molar-refractivity contribution >= 4 is 17.2 Å². The zero-order chi connectivity index (χ0) is 33.2. The highest BCUT2D eigenvalue weighted by molar-refractivity contribution is 6.30. The molecule has 0 nitrogen and oxygen atoms in total. The standard InChI is InChI=1S/C48H37Cl/c1-33(49)43-40-32-46(2)41-31-19-18-30-39(41)42(34-20-8-3-9-21-34)45(46)48(37-26-14-6-15-27-37,38-28-16-7-17-29-38)44(40)47(43,35-22-10-4-11-23-35)36-24-12-5-13-25-36/h3-31H,32H2,1-2H3/b43-33-. The molecule has 0 N–H and O–H groups in total. The van der Waals surface area contributed by atoms with E-state index in [1.165, 1.54) is 66.8 Å². The summed E-state index contributed by atoms with van der Waals surface area (Å²) in [5.41, 5.74) is 14.3. The number of allylic oxidation sites excluding steroid dienone is 5. The van der Waals surface area contributed by atoms with Crippen LogP contribution in [0.5, 0.6) is 0 Å². The summed E-state index contributed by atoms with van der Waals surface area (Å²) in [6.45, 7) is 4.59. The minimum absolute atomic E-state index is 0.302.